The third-order valence-corrected chi connectivity index (χ3v) is 2.59. The van der Waals surface area contributed by atoms with E-state index in [2.05, 4.69) is 10.1 Å². The molecule has 2 aromatic heterocycles. The minimum Gasteiger partial charge on any atom is -0.384 e. The van der Waals surface area contributed by atoms with E-state index in [0.717, 1.165) is 17.0 Å². The van der Waals surface area contributed by atoms with Crippen LogP contribution in [0.5, 0.6) is 0 Å². The summed E-state index contributed by atoms with van der Waals surface area (Å²) in [5, 5.41) is 4.26. The molecule has 2 heterocycles. The lowest BCUT2D eigenvalue weighted by Gasteiger charge is -2.01. The molecule has 72 valence electrons. The second-order valence-corrected chi connectivity index (χ2v) is 3.94. The van der Waals surface area contributed by atoms with Gasteiger partial charge >= 0.3 is 0 Å². The van der Waals surface area contributed by atoms with Crippen molar-refractivity contribution in [3.63, 3.8) is 0 Å². The maximum Gasteiger partial charge on any atom is 0.157 e. The Morgan fingerprint density at radius 3 is 2.93 bits per heavy atom. The molecule has 4 nitrogen and oxygen atoms in total. The third-order valence-electron chi connectivity index (χ3n) is 2.59. The number of aryl methyl sites for hydroxylation is 1. The van der Waals surface area contributed by atoms with Crippen LogP contribution in [0.2, 0.25) is 0 Å². The van der Waals surface area contributed by atoms with Crippen LogP contribution in [-0.4, -0.2) is 14.6 Å². The number of hydrogen-bond donors (Lipinski definition) is 1. The molecule has 1 aliphatic rings. The van der Waals surface area contributed by atoms with Crippen molar-refractivity contribution in [2.45, 2.75) is 25.7 Å². The fourth-order valence-electron chi connectivity index (χ4n) is 1.72. The summed E-state index contributed by atoms with van der Waals surface area (Å²) in [6, 6.07) is 3.90. The second kappa shape index (κ2) is 2.47. The van der Waals surface area contributed by atoms with Gasteiger partial charge in [-0.2, -0.15) is 9.61 Å². The zero-order valence-electron chi connectivity index (χ0n) is 8.07. The normalized spacial score (nSPS) is 16.4. The topological polar surface area (TPSA) is 56.2 Å². The Bertz CT molecular complexity index is 496. The maximum absolute atomic E-state index is 5.90. The fourth-order valence-corrected chi connectivity index (χ4v) is 1.72. The molecule has 0 aromatic carbocycles. The van der Waals surface area contributed by atoms with Crippen LogP contribution < -0.4 is 5.73 Å². The number of nitrogen functional groups attached to an aromatic ring is 1. The van der Waals surface area contributed by atoms with Crippen molar-refractivity contribution in [1.82, 2.24) is 14.6 Å². The summed E-state index contributed by atoms with van der Waals surface area (Å²) in [6.07, 6.45) is 2.49. The molecular weight excluding hydrogens is 176 g/mol. The molecule has 0 aliphatic heterocycles. The Morgan fingerprint density at radius 1 is 1.43 bits per heavy atom. The van der Waals surface area contributed by atoms with Crippen molar-refractivity contribution >= 4 is 11.5 Å². The molecule has 2 aromatic rings. The van der Waals surface area contributed by atoms with E-state index in [1.807, 2.05) is 19.1 Å². The summed E-state index contributed by atoms with van der Waals surface area (Å²) in [4.78, 5) is 4.54. The second-order valence-electron chi connectivity index (χ2n) is 3.94. The average molecular weight is 188 g/mol. The fraction of sp³-hybridized carbons (Fsp3) is 0.400. The molecule has 0 spiro atoms. The minimum atomic E-state index is 0.637. The van der Waals surface area contributed by atoms with E-state index >= 15 is 0 Å². The summed E-state index contributed by atoms with van der Waals surface area (Å²) in [5.41, 5.74) is 8.84. The highest BCUT2D eigenvalue weighted by Gasteiger charge is 2.25. The van der Waals surface area contributed by atoms with Crippen LogP contribution >= 0.6 is 0 Å². The molecule has 0 atom stereocenters. The third kappa shape index (κ3) is 1.07. The van der Waals surface area contributed by atoms with Gasteiger partial charge in [-0.05, 0) is 19.8 Å². The SMILES string of the molecule is Cc1cc2nc(C3CC3)cc(N)n2n1. The molecule has 0 saturated heterocycles. The van der Waals surface area contributed by atoms with E-state index in [0.29, 0.717) is 11.7 Å². The quantitative estimate of drug-likeness (QED) is 0.737. The first-order chi connectivity index (χ1) is 6.74. The van der Waals surface area contributed by atoms with Crippen molar-refractivity contribution in [3.8, 4) is 0 Å². The summed E-state index contributed by atoms with van der Waals surface area (Å²) >= 11 is 0. The van der Waals surface area contributed by atoms with Gasteiger partial charge < -0.3 is 5.73 Å². The number of anilines is 1. The molecule has 0 amide bonds. The van der Waals surface area contributed by atoms with Gasteiger partial charge in [-0.3, -0.25) is 0 Å². The van der Waals surface area contributed by atoms with Crippen LogP contribution in [-0.2, 0) is 0 Å². The van der Waals surface area contributed by atoms with E-state index in [1.54, 1.807) is 4.52 Å². The van der Waals surface area contributed by atoms with Crippen molar-refractivity contribution in [2.24, 2.45) is 0 Å². The van der Waals surface area contributed by atoms with Crippen LogP contribution in [0.15, 0.2) is 12.1 Å². The van der Waals surface area contributed by atoms with Crippen LogP contribution in [0.1, 0.15) is 30.1 Å². The first-order valence-corrected chi connectivity index (χ1v) is 4.87. The minimum absolute atomic E-state index is 0.637. The van der Waals surface area contributed by atoms with Crippen LogP contribution in [0.3, 0.4) is 0 Å². The Balaban J connectivity index is 2.26. The number of fused-ring (bicyclic) bond motifs is 1. The molecule has 4 heteroatoms. The van der Waals surface area contributed by atoms with Crippen LogP contribution in [0, 0.1) is 6.92 Å². The number of nitrogens with zero attached hydrogens (tertiary/aromatic N) is 3. The number of aromatic nitrogens is 3. The predicted octanol–water partition coefficient (Wildman–Crippen LogP) is 1.50. The predicted molar refractivity (Wildman–Crippen MR) is 54.1 cm³/mol. The molecule has 1 fully saturated rings. The summed E-state index contributed by atoms with van der Waals surface area (Å²) < 4.78 is 1.70. The van der Waals surface area contributed by atoms with E-state index in [4.69, 9.17) is 5.73 Å². The van der Waals surface area contributed by atoms with Crippen molar-refractivity contribution in [3.05, 3.63) is 23.5 Å². The van der Waals surface area contributed by atoms with E-state index in [1.165, 1.54) is 12.8 Å². The van der Waals surface area contributed by atoms with Crippen molar-refractivity contribution in [2.75, 3.05) is 5.73 Å². The smallest absolute Gasteiger partial charge is 0.157 e. The van der Waals surface area contributed by atoms with Gasteiger partial charge in [-0.15, -0.1) is 0 Å². The highest BCUT2D eigenvalue weighted by atomic mass is 15.3. The average Bonchev–Trinajstić information content (AvgIpc) is 2.89. The summed E-state index contributed by atoms with van der Waals surface area (Å²) in [5.74, 6) is 1.32. The lowest BCUT2D eigenvalue weighted by Crippen LogP contribution is -2.02. The maximum atomic E-state index is 5.90. The largest absolute Gasteiger partial charge is 0.384 e. The van der Waals surface area contributed by atoms with Crippen LogP contribution in [0.4, 0.5) is 5.82 Å². The molecule has 0 unspecified atom stereocenters. The first kappa shape index (κ1) is 7.79. The van der Waals surface area contributed by atoms with Gasteiger partial charge in [0, 0.05) is 23.7 Å². The molecule has 2 N–H and O–H groups in total. The molecule has 0 bridgehead atoms. The number of hydrogen-bond acceptors (Lipinski definition) is 3. The van der Waals surface area contributed by atoms with Gasteiger partial charge in [0.05, 0.1) is 5.69 Å². The first-order valence-electron chi connectivity index (χ1n) is 4.87. The van der Waals surface area contributed by atoms with E-state index < -0.39 is 0 Å². The van der Waals surface area contributed by atoms with Gasteiger partial charge in [-0.1, -0.05) is 0 Å². The molecule has 3 rings (SSSR count). The highest BCUT2D eigenvalue weighted by molar-refractivity contribution is 5.49. The molecule has 14 heavy (non-hydrogen) atoms. The molecule has 0 radical (unpaired) electrons. The zero-order valence-corrected chi connectivity index (χ0v) is 8.07. The highest BCUT2D eigenvalue weighted by Crippen LogP contribution is 2.39. The van der Waals surface area contributed by atoms with Gasteiger partial charge in [0.2, 0.25) is 0 Å². The Hall–Kier alpha value is -1.58. The van der Waals surface area contributed by atoms with E-state index in [-0.39, 0.29) is 0 Å². The molecular formula is C10H12N4. The van der Waals surface area contributed by atoms with Crippen molar-refractivity contribution in [1.29, 1.82) is 0 Å². The van der Waals surface area contributed by atoms with Gasteiger partial charge in [-0.25, -0.2) is 4.98 Å². The monoisotopic (exact) mass is 188 g/mol. The Labute approximate surface area is 81.8 Å². The van der Waals surface area contributed by atoms with E-state index in [9.17, 15) is 0 Å². The zero-order chi connectivity index (χ0) is 9.71. The summed E-state index contributed by atoms with van der Waals surface area (Å²) in [6.45, 7) is 1.95. The van der Waals surface area contributed by atoms with Crippen molar-refractivity contribution < 1.29 is 0 Å². The lowest BCUT2D eigenvalue weighted by molar-refractivity contribution is 0.905. The summed E-state index contributed by atoms with van der Waals surface area (Å²) in [7, 11) is 0. The van der Waals surface area contributed by atoms with Crippen LogP contribution in [0.25, 0.3) is 5.65 Å². The van der Waals surface area contributed by atoms with Gasteiger partial charge in [0.25, 0.3) is 0 Å². The Morgan fingerprint density at radius 2 is 2.21 bits per heavy atom. The molecule has 1 saturated carbocycles. The van der Waals surface area contributed by atoms with Gasteiger partial charge in [0.15, 0.2) is 5.65 Å². The standard InChI is InChI=1S/C10H12N4/c1-6-4-10-12-8(7-2-3-7)5-9(11)14(10)13-6/h4-5,7H,2-3,11H2,1H3. The molecule has 1 aliphatic carbocycles. The number of nitrogens with two attached hydrogens (primary N) is 1. The number of rotatable bonds is 1. The lowest BCUT2D eigenvalue weighted by atomic mass is 10.3. The van der Waals surface area contributed by atoms with Gasteiger partial charge in [0.1, 0.15) is 5.82 Å². The Kier molecular flexibility index (Phi) is 1.37.